The minimum Gasteiger partial charge on any atom is -0.385 e. The molecule has 0 radical (unpaired) electrons. The van der Waals surface area contributed by atoms with Crippen molar-refractivity contribution in [2.75, 3.05) is 58.4 Å². The summed E-state index contributed by atoms with van der Waals surface area (Å²) in [7, 11) is 4.03. The van der Waals surface area contributed by atoms with Crippen LogP contribution in [0.5, 0.6) is 0 Å². The Morgan fingerprint density at radius 3 is 2.13 bits per heavy atom. The van der Waals surface area contributed by atoms with Gasteiger partial charge in [-0.1, -0.05) is 25.7 Å². The maximum absolute atomic E-state index is 5.12. The fourth-order valence-corrected chi connectivity index (χ4v) is 5.89. The van der Waals surface area contributed by atoms with E-state index in [0.29, 0.717) is 18.0 Å². The molecule has 0 aliphatic carbocycles. The van der Waals surface area contributed by atoms with Gasteiger partial charge in [0.25, 0.3) is 0 Å². The van der Waals surface area contributed by atoms with Gasteiger partial charge in [-0.3, -0.25) is 0 Å². The molecule has 0 spiro atoms. The first-order chi connectivity index (χ1) is 15.2. The Morgan fingerprint density at radius 1 is 0.871 bits per heavy atom. The van der Waals surface area contributed by atoms with E-state index < -0.39 is 0 Å². The maximum Gasteiger partial charge on any atom is 0.225 e. The highest BCUT2D eigenvalue weighted by atomic mass is 16.5. The van der Waals surface area contributed by atoms with Crippen molar-refractivity contribution in [1.82, 2.24) is 19.8 Å². The molecule has 3 saturated heterocycles. The first kappa shape index (κ1) is 22.9. The van der Waals surface area contributed by atoms with Crippen LogP contribution in [0.3, 0.4) is 0 Å². The summed E-state index contributed by atoms with van der Waals surface area (Å²) in [5.41, 5.74) is 1.35. The van der Waals surface area contributed by atoms with E-state index in [1.165, 1.54) is 89.4 Å². The molecule has 0 N–H and O–H groups in total. The number of nitrogens with zero attached hydrogens (tertiary/aromatic N) is 5. The minimum atomic E-state index is 0.600. The normalized spacial score (nSPS) is 25.4. The van der Waals surface area contributed by atoms with Crippen LogP contribution in [0.2, 0.25) is 0 Å². The van der Waals surface area contributed by atoms with Gasteiger partial charge in [0.1, 0.15) is 0 Å². The molecule has 31 heavy (non-hydrogen) atoms. The Balaban J connectivity index is 1.15. The molecule has 2 bridgehead atoms. The van der Waals surface area contributed by atoms with Crippen LogP contribution in [-0.2, 0) is 4.74 Å². The summed E-state index contributed by atoms with van der Waals surface area (Å²) in [6.45, 7) is 6.93. The third-order valence-corrected chi connectivity index (χ3v) is 7.69. The van der Waals surface area contributed by atoms with Gasteiger partial charge in [0.05, 0.1) is 0 Å². The van der Waals surface area contributed by atoms with E-state index in [1.807, 2.05) is 0 Å². The van der Waals surface area contributed by atoms with Crippen molar-refractivity contribution >= 4 is 5.95 Å². The molecule has 0 amide bonds. The predicted octanol–water partition coefficient (Wildman–Crippen LogP) is 3.93. The number of piperidine rings is 1. The number of methoxy groups -OCH3 is 1. The van der Waals surface area contributed by atoms with E-state index in [9.17, 15) is 0 Å². The number of hydrogen-bond donors (Lipinski definition) is 0. The van der Waals surface area contributed by atoms with Gasteiger partial charge in [-0.2, -0.15) is 0 Å². The van der Waals surface area contributed by atoms with Crippen LogP contribution in [0.25, 0.3) is 0 Å². The third-order valence-electron chi connectivity index (χ3n) is 7.69. The van der Waals surface area contributed by atoms with Crippen molar-refractivity contribution in [2.24, 2.45) is 0 Å². The van der Waals surface area contributed by atoms with Crippen molar-refractivity contribution in [1.29, 1.82) is 0 Å². The zero-order chi connectivity index (χ0) is 21.5. The number of aromatic nitrogens is 2. The van der Waals surface area contributed by atoms with Crippen molar-refractivity contribution in [3.8, 4) is 0 Å². The van der Waals surface area contributed by atoms with Crippen LogP contribution in [-0.4, -0.2) is 85.3 Å². The van der Waals surface area contributed by atoms with Gasteiger partial charge in [0, 0.05) is 51.3 Å². The summed E-state index contributed by atoms with van der Waals surface area (Å²) in [5, 5.41) is 0. The van der Waals surface area contributed by atoms with Gasteiger partial charge in [0.15, 0.2) is 0 Å². The summed E-state index contributed by atoms with van der Waals surface area (Å²) < 4.78 is 5.12. The summed E-state index contributed by atoms with van der Waals surface area (Å²) in [5.74, 6) is 1.60. The lowest BCUT2D eigenvalue weighted by atomic mass is 9.91. The molecule has 4 heterocycles. The standard InChI is InChI=1S/C25H43N5O/c1-28-19-23-9-10-24(20-28)30(23)25-26-17-22(18-27-25)21-11-14-29(15-12-21)13-7-5-3-4-6-8-16-31-2/h17-18,21,23-24H,3-16,19-20H2,1-2H3. The van der Waals surface area contributed by atoms with Crippen molar-refractivity contribution in [3.05, 3.63) is 18.0 Å². The zero-order valence-electron chi connectivity index (χ0n) is 19.8. The highest BCUT2D eigenvalue weighted by Crippen LogP contribution is 2.33. The molecule has 2 unspecified atom stereocenters. The monoisotopic (exact) mass is 429 g/mol. The number of fused-ring (bicyclic) bond motifs is 2. The van der Waals surface area contributed by atoms with E-state index in [0.717, 1.165) is 25.6 Å². The molecule has 3 fully saturated rings. The number of anilines is 1. The van der Waals surface area contributed by atoms with E-state index in [4.69, 9.17) is 14.7 Å². The Labute approximate surface area is 189 Å². The number of unbranched alkanes of at least 4 members (excludes halogenated alkanes) is 5. The van der Waals surface area contributed by atoms with Crippen LogP contribution >= 0.6 is 0 Å². The van der Waals surface area contributed by atoms with Gasteiger partial charge in [-0.15, -0.1) is 0 Å². The number of likely N-dealkylation sites (N-methyl/N-ethyl adjacent to an activating group) is 1. The number of rotatable bonds is 11. The van der Waals surface area contributed by atoms with Gasteiger partial charge in [0.2, 0.25) is 5.95 Å². The van der Waals surface area contributed by atoms with Gasteiger partial charge < -0.3 is 19.4 Å². The number of likely N-dealkylation sites (tertiary alicyclic amines) is 2. The topological polar surface area (TPSA) is 44.7 Å². The fraction of sp³-hybridized carbons (Fsp3) is 0.840. The second-order valence-electron chi connectivity index (χ2n) is 10.1. The Bertz CT molecular complexity index is 632. The quantitative estimate of drug-likeness (QED) is 0.497. The van der Waals surface area contributed by atoms with Crippen LogP contribution < -0.4 is 4.90 Å². The average Bonchev–Trinajstić information content (AvgIpc) is 3.07. The molecule has 6 heteroatoms. The molecule has 0 saturated carbocycles. The maximum atomic E-state index is 5.12. The second kappa shape index (κ2) is 11.6. The zero-order valence-corrected chi connectivity index (χ0v) is 19.8. The number of piperazine rings is 1. The lowest BCUT2D eigenvalue weighted by molar-refractivity contribution is 0.191. The minimum absolute atomic E-state index is 0.600. The molecular weight excluding hydrogens is 386 g/mol. The highest BCUT2D eigenvalue weighted by Gasteiger charge is 2.40. The molecule has 6 nitrogen and oxygen atoms in total. The Kier molecular flexibility index (Phi) is 8.56. The molecule has 3 aliphatic rings. The molecule has 3 aliphatic heterocycles. The molecule has 0 aromatic carbocycles. The van der Waals surface area contributed by atoms with Gasteiger partial charge >= 0.3 is 0 Å². The predicted molar refractivity (Wildman–Crippen MR) is 127 cm³/mol. The highest BCUT2D eigenvalue weighted by molar-refractivity contribution is 5.38. The first-order valence-electron chi connectivity index (χ1n) is 12.7. The van der Waals surface area contributed by atoms with Crippen molar-refractivity contribution in [3.63, 3.8) is 0 Å². The van der Waals surface area contributed by atoms with Crippen LogP contribution in [0.4, 0.5) is 5.95 Å². The number of hydrogen-bond acceptors (Lipinski definition) is 6. The van der Waals surface area contributed by atoms with Crippen LogP contribution in [0.1, 0.15) is 75.7 Å². The van der Waals surface area contributed by atoms with Crippen molar-refractivity contribution < 1.29 is 4.74 Å². The van der Waals surface area contributed by atoms with Crippen molar-refractivity contribution in [2.45, 2.75) is 82.2 Å². The first-order valence-corrected chi connectivity index (χ1v) is 12.7. The van der Waals surface area contributed by atoms with E-state index in [2.05, 4.69) is 34.1 Å². The lowest BCUT2D eigenvalue weighted by Gasteiger charge is -2.39. The average molecular weight is 430 g/mol. The summed E-state index contributed by atoms with van der Waals surface area (Å²) in [4.78, 5) is 17.3. The van der Waals surface area contributed by atoms with E-state index in [-0.39, 0.29) is 0 Å². The molecular formula is C25H43N5O. The van der Waals surface area contributed by atoms with E-state index >= 15 is 0 Å². The third kappa shape index (κ3) is 6.17. The summed E-state index contributed by atoms with van der Waals surface area (Å²) >= 11 is 0. The number of ether oxygens (including phenoxy) is 1. The van der Waals surface area contributed by atoms with Gasteiger partial charge in [-0.25, -0.2) is 9.97 Å². The van der Waals surface area contributed by atoms with Crippen LogP contribution in [0.15, 0.2) is 12.4 Å². The van der Waals surface area contributed by atoms with E-state index in [1.54, 1.807) is 7.11 Å². The molecule has 1 aromatic heterocycles. The Morgan fingerprint density at radius 2 is 1.48 bits per heavy atom. The Hall–Kier alpha value is -1.24. The lowest BCUT2D eigenvalue weighted by Crippen LogP contribution is -2.53. The van der Waals surface area contributed by atoms with Gasteiger partial charge in [-0.05, 0) is 76.7 Å². The summed E-state index contributed by atoms with van der Waals surface area (Å²) in [6, 6.07) is 1.20. The molecule has 4 rings (SSSR count). The largest absolute Gasteiger partial charge is 0.385 e. The van der Waals surface area contributed by atoms with Crippen LogP contribution in [0, 0.1) is 0 Å². The smallest absolute Gasteiger partial charge is 0.225 e. The summed E-state index contributed by atoms with van der Waals surface area (Å²) in [6.07, 6.45) is 17.3. The molecule has 174 valence electrons. The molecule has 1 aromatic rings. The second-order valence-corrected chi connectivity index (χ2v) is 10.1. The SMILES string of the molecule is COCCCCCCCCN1CCC(c2cnc(N3C4CCC3CN(C)C4)nc2)CC1. The molecule has 2 atom stereocenters. The fourth-order valence-electron chi connectivity index (χ4n) is 5.89.